The second-order valence-corrected chi connectivity index (χ2v) is 24.0. The largest absolute Gasteiger partial charge is 0.490 e. The maximum Gasteiger partial charge on any atom is 0.274 e. The lowest BCUT2D eigenvalue weighted by Gasteiger charge is -2.35. The number of benzene rings is 2. The Morgan fingerprint density at radius 1 is 0.660 bits per heavy atom. The lowest BCUT2D eigenvalue weighted by Crippen LogP contribution is -2.57. The van der Waals surface area contributed by atoms with Crippen molar-refractivity contribution in [2.24, 2.45) is 12.5 Å². The molecule has 1 aliphatic heterocycles. The van der Waals surface area contributed by atoms with E-state index in [9.17, 15) is 29.1 Å². The standard InChI is InChI=1S/C67H93N9O20S/c1-48-61(97-47-70-48)50-8-6-49(7-9-50)44-69-64(81)57-43-52(77)46-76(57)66(82)62(67(2,3)4)73-59(78)16-17-83-18-19-84-20-21-85-22-23-86-24-25-87-26-27-88-28-29-89-30-31-90-32-33-91-34-35-92-36-37-93-38-39-94-40-41-95-53-11-12-54(68-45-53)63(80)71-51-10-14-58-56(42-51)72-65(96-58)55-13-15-60(79)75(5)74-55/h6-15,42,45,47,52,57,62,77H,16-41,43-44,46H2,1-5H3,(H,69,81)(H,71,80)(H,73,78)/t52-,57+,62-/m0/s1. The van der Waals surface area contributed by atoms with E-state index < -0.39 is 35.4 Å². The van der Waals surface area contributed by atoms with Crippen LogP contribution in [-0.2, 0) is 84.8 Å². The number of thiazole rings is 1. The van der Waals surface area contributed by atoms with Crippen LogP contribution in [0.15, 0.2) is 87.6 Å². The van der Waals surface area contributed by atoms with Crippen LogP contribution in [0.4, 0.5) is 5.69 Å². The summed E-state index contributed by atoms with van der Waals surface area (Å²) in [5.41, 5.74) is 5.90. The first-order valence-corrected chi connectivity index (χ1v) is 33.3. The summed E-state index contributed by atoms with van der Waals surface area (Å²) in [6, 6.07) is 17.2. The lowest BCUT2D eigenvalue weighted by molar-refractivity contribution is -0.144. The zero-order chi connectivity index (χ0) is 68.9. The molecule has 0 saturated carbocycles. The average Bonchev–Trinajstić information content (AvgIpc) is 1.70. The molecule has 4 amide bonds. The molecule has 0 spiro atoms. The second kappa shape index (κ2) is 43.2. The molecule has 1 aliphatic rings. The molecule has 1 fully saturated rings. The minimum absolute atomic E-state index is 0.0103. The molecule has 532 valence electrons. The molecule has 97 heavy (non-hydrogen) atoms. The Labute approximate surface area is 568 Å². The van der Waals surface area contributed by atoms with E-state index in [4.69, 9.17) is 66.0 Å². The van der Waals surface area contributed by atoms with E-state index in [0.717, 1.165) is 21.7 Å². The van der Waals surface area contributed by atoms with Gasteiger partial charge in [-0.1, -0.05) is 45.0 Å². The molecule has 3 atom stereocenters. The quantitative estimate of drug-likeness (QED) is 0.0383. The fraction of sp³-hybridized carbons (Fsp3) is 0.567. The maximum absolute atomic E-state index is 13.9. The number of hydrogen-bond donors (Lipinski definition) is 4. The molecule has 5 heterocycles. The number of likely N-dealkylation sites (tertiary alicyclic amines) is 1. The van der Waals surface area contributed by atoms with Gasteiger partial charge >= 0.3 is 0 Å². The number of oxazole rings is 1. The number of ether oxygens (including phenoxy) is 13. The Bertz CT molecular complexity index is 3330. The zero-order valence-corrected chi connectivity index (χ0v) is 56.9. The summed E-state index contributed by atoms with van der Waals surface area (Å²) >= 11 is 1.57. The maximum atomic E-state index is 13.9. The van der Waals surface area contributed by atoms with Crippen LogP contribution >= 0.6 is 11.3 Å². The summed E-state index contributed by atoms with van der Waals surface area (Å²) in [7, 11) is 1.54. The number of hydrogen-bond acceptors (Lipinski definition) is 25. The van der Waals surface area contributed by atoms with Crippen molar-refractivity contribution >= 4 is 51.8 Å². The van der Waals surface area contributed by atoms with Gasteiger partial charge in [-0.3, -0.25) is 24.0 Å². The van der Waals surface area contributed by atoms with Crippen molar-refractivity contribution in [3.63, 3.8) is 0 Å². The number of aryl methyl sites for hydroxylation is 2. The summed E-state index contributed by atoms with van der Waals surface area (Å²) in [6.07, 6.45) is 0.725. The molecule has 0 bridgehead atoms. The highest BCUT2D eigenvalue weighted by atomic mass is 32.1. The van der Waals surface area contributed by atoms with Gasteiger partial charge in [-0.15, -0.1) is 11.3 Å². The van der Waals surface area contributed by atoms with E-state index in [1.54, 1.807) is 48.7 Å². The van der Waals surface area contributed by atoms with Crippen LogP contribution in [-0.4, -0.2) is 248 Å². The number of β-amino-alcohol motifs (C(OH)–C–C–N with tert-alkyl or cyclic N) is 1. The van der Waals surface area contributed by atoms with Gasteiger partial charge < -0.3 is 92.0 Å². The summed E-state index contributed by atoms with van der Waals surface area (Å²) in [5.74, 6) is -0.828. The third-order valence-electron chi connectivity index (χ3n) is 14.6. The van der Waals surface area contributed by atoms with Gasteiger partial charge in [0.15, 0.2) is 5.58 Å². The number of aliphatic hydroxyl groups is 1. The topological polar surface area (TPSA) is 335 Å². The number of carbonyl (C=O) groups excluding carboxylic acids is 4. The molecule has 30 heteroatoms. The van der Waals surface area contributed by atoms with Gasteiger partial charge in [0, 0.05) is 44.7 Å². The summed E-state index contributed by atoms with van der Waals surface area (Å²) in [6.45, 7) is 17.6. The van der Waals surface area contributed by atoms with Gasteiger partial charge in [-0.25, -0.2) is 19.6 Å². The van der Waals surface area contributed by atoms with Crippen molar-refractivity contribution in [2.45, 2.75) is 65.3 Å². The average molecular weight is 1380 g/mol. The first kappa shape index (κ1) is 77.1. The van der Waals surface area contributed by atoms with Crippen molar-refractivity contribution in [3.8, 4) is 27.8 Å². The summed E-state index contributed by atoms with van der Waals surface area (Å²) in [4.78, 5) is 80.4. The first-order valence-electron chi connectivity index (χ1n) is 32.5. The minimum atomic E-state index is -0.934. The van der Waals surface area contributed by atoms with Gasteiger partial charge in [0.2, 0.25) is 23.6 Å². The Balaban J connectivity index is 0.555. The molecule has 6 aromatic rings. The third kappa shape index (κ3) is 28.2. The van der Waals surface area contributed by atoms with Crippen LogP contribution in [0.5, 0.6) is 5.75 Å². The van der Waals surface area contributed by atoms with E-state index in [-0.39, 0.29) is 68.1 Å². The fourth-order valence-corrected chi connectivity index (χ4v) is 10.3. The second-order valence-electron chi connectivity index (χ2n) is 23.1. The van der Waals surface area contributed by atoms with E-state index in [0.29, 0.717) is 180 Å². The van der Waals surface area contributed by atoms with Gasteiger partial charge in [0.25, 0.3) is 11.5 Å². The van der Waals surface area contributed by atoms with Gasteiger partial charge in [-0.2, -0.15) is 5.10 Å². The minimum Gasteiger partial charge on any atom is -0.490 e. The number of aromatic nitrogens is 5. The van der Waals surface area contributed by atoms with E-state index in [1.165, 1.54) is 27.9 Å². The summed E-state index contributed by atoms with van der Waals surface area (Å²) in [5, 5.41) is 23.3. The number of aliphatic hydroxyl groups excluding tert-OH is 1. The monoisotopic (exact) mass is 1380 g/mol. The smallest absolute Gasteiger partial charge is 0.274 e. The lowest BCUT2D eigenvalue weighted by atomic mass is 9.85. The fourth-order valence-electron chi connectivity index (χ4n) is 9.44. The number of pyridine rings is 1. The highest BCUT2D eigenvalue weighted by Crippen LogP contribution is 2.29. The van der Waals surface area contributed by atoms with E-state index >= 15 is 0 Å². The van der Waals surface area contributed by atoms with Crippen molar-refractivity contribution in [2.75, 3.05) is 177 Å². The van der Waals surface area contributed by atoms with Crippen LogP contribution in [0.3, 0.4) is 0 Å². The van der Waals surface area contributed by atoms with Crippen molar-refractivity contribution in [1.29, 1.82) is 0 Å². The molecular weight excluding hydrogens is 1280 g/mol. The Kier molecular flexibility index (Phi) is 34.3. The molecule has 0 aliphatic carbocycles. The number of carbonyl (C=O) groups is 4. The highest BCUT2D eigenvalue weighted by molar-refractivity contribution is 7.13. The predicted molar refractivity (Wildman–Crippen MR) is 356 cm³/mol. The Morgan fingerprint density at radius 3 is 1.67 bits per heavy atom. The molecule has 2 aromatic carbocycles. The number of amides is 4. The normalized spacial score (nSPS) is 14.3. The Morgan fingerprint density at radius 2 is 1.19 bits per heavy atom. The number of nitrogens with one attached hydrogen (secondary N) is 3. The van der Waals surface area contributed by atoms with Gasteiger partial charge in [0.05, 0.1) is 187 Å². The number of fused-ring (bicyclic) bond motifs is 1. The SMILES string of the molecule is Cc1ncsc1-c1ccc(CNC(=O)[C@H]2C[C@H](O)CN2C(=O)[C@H](NC(=O)CCOCCOCCOCCOCCOCCOCCOCCOCCOCCOCCOCCOCCOc2ccc(C(=O)Nc3ccc4oc(-c5ccc(=O)n(C)n5)nc4c3)nc2)C(C)(C)C)cc1. The van der Waals surface area contributed by atoms with Crippen LogP contribution in [0, 0.1) is 12.3 Å². The molecular formula is C67H93N9O20S. The zero-order valence-electron chi connectivity index (χ0n) is 56.0. The molecule has 29 nitrogen and oxygen atoms in total. The molecule has 4 aromatic heterocycles. The van der Waals surface area contributed by atoms with Crippen molar-refractivity contribution in [3.05, 3.63) is 106 Å². The molecule has 1 saturated heterocycles. The molecule has 0 radical (unpaired) electrons. The molecule has 7 rings (SSSR count). The van der Waals surface area contributed by atoms with Gasteiger partial charge in [-0.05, 0) is 59.9 Å². The van der Waals surface area contributed by atoms with Crippen LogP contribution in [0.2, 0.25) is 0 Å². The van der Waals surface area contributed by atoms with E-state index in [2.05, 4.69) is 36.0 Å². The first-order chi connectivity index (χ1) is 47.1. The van der Waals surface area contributed by atoms with Crippen LogP contribution in [0.1, 0.15) is 55.4 Å². The predicted octanol–water partition coefficient (Wildman–Crippen LogP) is 4.44. The van der Waals surface area contributed by atoms with Crippen molar-refractivity contribution < 1.29 is 90.3 Å². The number of rotatable bonds is 49. The van der Waals surface area contributed by atoms with Crippen LogP contribution in [0.25, 0.3) is 33.1 Å². The number of anilines is 1. The number of nitrogens with zero attached hydrogens (tertiary/aromatic N) is 6. The van der Waals surface area contributed by atoms with Crippen molar-refractivity contribution in [1.82, 2.24) is 40.3 Å². The van der Waals surface area contributed by atoms with Crippen LogP contribution < -0.4 is 26.2 Å². The summed E-state index contributed by atoms with van der Waals surface area (Å²) < 4.78 is 79.3. The molecule has 4 N–H and O–H groups in total. The highest BCUT2D eigenvalue weighted by Gasteiger charge is 2.44. The van der Waals surface area contributed by atoms with E-state index in [1.807, 2.05) is 57.5 Å². The third-order valence-corrected chi connectivity index (χ3v) is 15.5. The molecule has 0 unspecified atom stereocenters. The van der Waals surface area contributed by atoms with Gasteiger partial charge in [0.1, 0.15) is 41.3 Å². The Hall–Kier alpha value is -7.27.